The lowest BCUT2D eigenvalue weighted by Gasteiger charge is -2.35. The number of aryl methyl sites for hydroxylation is 1. The number of rotatable bonds is 3. The summed E-state index contributed by atoms with van der Waals surface area (Å²) in [5.41, 5.74) is 5.87. The molecule has 0 saturated heterocycles. The first kappa shape index (κ1) is 15.3. The van der Waals surface area contributed by atoms with Crippen molar-refractivity contribution in [3.05, 3.63) is 35.4 Å². The van der Waals surface area contributed by atoms with Gasteiger partial charge in [0.05, 0.1) is 0 Å². The fourth-order valence-corrected chi connectivity index (χ4v) is 3.88. The summed E-state index contributed by atoms with van der Waals surface area (Å²) in [5.74, 6) is 1.62. The molecule has 0 heterocycles. The highest BCUT2D eigenvalue weighted by molar-refractivity contribution is 5.95. The third kappa shape index (κ3) is 3.57. The Morgan fingerprint density at radius 2 is 1.86 bits per heavy atom. The van der Waals surface area contributed by atoms with E-state index < -0.39 is 0 Å². The molecule has 1 aromatic rings. The Kier molecular flexibility index (Phi) is 4.91. The van der Waals surface area contributed by atoms with E-state index in [1.54, 1.807) is 0 Å². The second-order valence-corrected chi connectivity index (χ2v) is 6.72. The molecule has 2 aliphatic carbocycles. The van der Waals surface area contributed by atoms with Crippen LogP contribution in [0.1, 0.15) is 67.8 Å². The molecule has 0 aliphatic heterocycles. The maximum Gasteiger partial charge on any atom is 0.271 e. The first-order valence-electron chi connectivity index (χ1n) is 8.71. The van der Waals surface area contributed by atoms with Crippen LogP contribution in [0.3, 0.4) is 0 Å². The Morgan fingerprint density at radius 1 is 1.14 bits per heavy atom. The van der Waals surface area contributed by atoms with Gasteiger partial charge < -0.3 is 0 Å². The monoisotopic (exact) mass is 298 g/mol. The highest BCUT2D eigenvalue weighted by Crippen LogP contribution is 2.39. The molecular weight excluding hydrogens is 272 g/mol. The van der Waals surface area contributed by atoms with Gasteiger partial charge in [-0.2, -0.15) is 5.10 Å². The average molecular weight is 298 g/mol. The van der Waals surface area contributed by atoms with Crippen LogP contribution < -0.4 is 5.43 Å². The highest BCUT2D eigenvalue weighted by atomic mass is 16.2. The van der Waals surface area contributed by atoms with E-state index >= 15 is 0 Å². The summed E-state index contributed by atoms with van der Waals surface area (Å²) in [6, 6.07) is 7.78. The van der Waals surface area contributed by atoms with Gasteiger partial charge >= 0.3 is 0 Å². The number of carbonyl (C=O) groups is 1. The molecule has 2 fully saturated rings. The Labute approximate surface area is 133 Å². The van der Waals surface area contributed by atoms with Gasteiger partial charge in [0.1, 0.15) is 0 Å². The number of amides is 1. The Morgan fingerprint density at radius 3 is 2.59 bits per heavy atom. The summed E-state index contributed by atoms with van der Waals surface area (Å²) in [4.78, 5) is 12.2. The van der Waals surface area contributed by atoms with Crippen molar-refractivity contribution in [3.63, 3.8) is 0 Å². The molecule has 0 radical (unpaired) electrons. The molecule has 2 atom stereocenters. The zero-order chi connectivity index (χ0) is 15.4. The second kappa shape index (κ2) is 7.08. The van der Waals surface area contributed by atoms with Crippen LogP contribution in [-0.2, 0) is 6.42 Å². The smallest absolute Gasteiger partial charge is 0.267 e. The van der Waals surface area contributed by atoms with Crippen LogP contribution in [0, 0.1) is 11.8 Å². The van der Waals surface area contributed by atoms with E-state index in [-0.39, 0.29) is 5.91 Å². The maximum atomic E-state index is 12.2. The molecule has 0 aromatic heterocycles. The van der Waals surface area contributed by atoms with E-state index in [4.69, 9.17) is 0 Å². The van der Waals surface area contributed by atoms with E-state index in [9.17, 15) is 4.79 Å². The van der Waals surface area contributed by atoms with Crippen LogP contribution in [0.4, 0.5) is 0 Å². The summed E-state index contributed by atoms with van der Waals surface area (Å²) in [5, 5.41) is 4.41. The predicted octanol–water partition coefficient (Wildman–Crippen LogP) is 4.33. The zero-order valence-electron chi connectivity index (χ0n) is 13.5. The van der Waals surface area contributed by atoms with E-state index in [2.05, 4.69) is 17.5 Å². The van der Waals surface area contributed by atoms with Gasteiger partial charge in [-0.05, 0) is 61.6 Å². The van der Waals surface area contributed by atoms with Crippen molar-refractivity contribution in [2.75, 3.05) is 0 Å². The molecule has 0 unspecified atom stereocenters. The average Bonchev–Trinajstić information content (AvgIpc) is 2.59. The van der Waals surface area contributed by atoms with Gasteiger partial charge in [0.15, 0.2) is 0 Å². The van der Waals surface area contributed by atoms with Crippen LogP contribution in [-0.4, -0.2) is 11.6 Å². The molecular formula is C19H26N2O. The van der Waals surface area contributed by atoms with Crippen LogP contribution in [0.5, 0.6) is 0 Å². The van der Waals surface area contributed by atoms with Crippen molar-refractivity contribution >= 4 is 11.6 Å². The summed E-state index contributed by atoms with van der Waals surface area (Å²) in [6.45, 7) is 2.11. The number of nitrogens with zero attached hydrogens (tertiary/aromatic N) is 1. The normalized spacial score (nSPS) is 26.5. The maximum absolute atomic E-state index is 12.2. The minimum absolute atomic E-state index is 0.0964. The number of nitrogens with one attached hydrogen (secondary N) is 1. The summed E-state index contributed by atoms with van der Waals surface area (Å²) < 4.78 is 0. The van der Waals surface area contributed by atoms with Crippen molar-refractivity contribution in [1.82, 2.24) is 5.43 Å². The van der Waals surface area contributed by atoms with Gasteiger partial charge in [0.25, 0.3) is 5.91 Å². The number of benzene rings is 1. The van der Waals surface area contributed by atoms with Crippen molar-refractivity contribution in [2.45, 2.75) is 58.3 Å². The van der Waals surface area contributed by atoms with Gasteiger partial charge in [-0.3, -0.25) is 4.79 Å². The highest BCUT2D eigenvalue weighted by Gasteiger charge is 2.30. The fourth-order valence-electron chi connectivity index (χ4n) is 3.88. The summed E-state index contributed by atoms with van der Waals surface area (Å²) in [7, 11) is 0. The molecule has 1 aromatic carbocycles. The van der Waals surface area contributed by atoms with Crippen LogP contribution in [0.15, 0.2) is 29.4 Å². The molecule has 3 nitrogen and oxygen atoms in total. The van der Waals surface area contributed by atoms with E-state index in [0.717, 1.165) is 31.1 Å². The quantitative estimate of drug-likeness (QED) is 0.829. The molecule has 118 valence electrons. The van der Waals surface area contributed by atoms with E-state index in [1.165, 1.54) is 43.4 Å². The predicted molar refractivity (Wildman–Crippen MR) is 90.0 cm³/mol. The third-order valence-corrected chi connectivity index (χ3v) is 5.31. The van der Waals surface area contributed by atoms with Gasteiger partial charge in [-0.1, -0.05) is 38.3 Å². The lowest BCUT2D eigenvalue weighted by molar-refractivity contribution is 0.0954. The molecule has 22 heavy (non-hydrogen) atoms. The van der Waals surface area contributed by atoms with Crippen molar-refractivity contribution in [2.24, 2.45) is 16.9 Å². The fraction of sp³-hybridized carbons (Fsp3) is 0.579. The van der Waals surface area contributed by atoms with Crippen molar-refractivity contribution in [3.8, 4) is 0 Å². The van der Waals surface area contributed by atoms with Gasteiger partial charge in [-0.25, -0.2) is 5.43 Å². The number of hydrogen-bond acceptors (Lipinski definition) is 2. The number of hydrogen-bond donors (Lipinski definition) is 1. The SMILES string of the molecule is CCc1ccc(C(=O)N/N=C2/CC[C@H]3CCCC[C@@H]3C2)cc1. The molecule has 0 bridgehead atoms. The molecule has 1 amide bonds. The Balaban J connectivity index is 1.57. The molecule has 0 spiro atoms. The Hall–Kier alpha value is -1.64. The van der Waals surface area contributed by atoms with Crippen molar-refractivity contribution in [1.29, 1.82) is 0 Å². The van der Waals surface area contributed by atoms with Crippen LogP contribution >= 0.6 is 0 Å². The minimum Gasteiger partial charge on any atom is -0.267 e. The van der Waals surface area contributed by atoms with E-state index in [0.29, 0.717) is 5.56 Å². The van der Waals surface area contributed by atoms with Gasteiger partial charge in [0.2, 0.25) is 0 Å². The molecule has 2 saturated carbocycles. The topological polar surface area (TPSA) is 41.5 Å². The molecule has 1 N–H and O–H groups in total. The zero-order valence-corrected chi connectivity index (χ0v) is 13.5. The first-order chi connectivity index (χ1) is 10.8. The minimum atomic E-state index is -0.0964. The van der Waals surface area contributed by atoms with Crippen LogP contribution in [0.2, 0.25) is 0 Å². The largest absolute Gasteiger partial charge is 0.271 e. The summed E-state index contributed by atoms with van der Waals surface area (Å²) in [6.07, 6.45) is 9.89. The molecule has 3 rings (SSSR count). The number of hydrazone groups is 1. The standard InChI is InChI=1S/C19H26N2O/c1-2-14-7-9-16(10-8-14)19(22)21-20-18-12-11-15-5-3-4-6-17(15)13-18/h7-10,15,17H,2-6,11-13H2,1H3,(H,21,22)/b20-18-/t15-,17-/m1/s1. The van der Waals surface area contributed by atoms with E-state index in [1.807, 2.05) is 24.3 Å². The first-order valence-corrected chi connectivity index (χ1v) is 8.71. The Bertz CT molecular complexity index is 547. The molecule has 3 heteroatoms. The lowest BCUT2D eigenvalue weighted by Crippen LogP contribution is -2.29. The van der Waals surface area contributed by atoms with Gasteiger partial charge in [-0.15, -0.1) is 0 Å². The lowest BCUT2D eigenvalue weighted by atomic mass is 9.70. The molecule has 2 aliphatic rings. The van der Waals surface area contributed by atoms with Crippen LogP contribution in [0.25, 0.3) is 0 Å². The third-order valence-electron chi connectivity index (χ3n) is 5.31. The second-order valence-electron chi connectivity index (χ2n) is 6.72. The number of carbonyl (C=O) groups excluding carboxylic acids is 1. The van der Waals surface area contributed by atoms with Crippen molar-refractivity contribution < 1.29 is 4.79 Å². The number of fused-ring (bicyclic) bond motifs is 1. The summed E-state index contributed by atoms with van der Waals surface area (Å²) >= 11 is 0. The van der Waals surface area contributed by atoms with Gasteiger partial charge in [0, 0.05) is 11.3 Å².